The van der Waals surface area contributed by atoms with Gasteiger partial charge in [-0.15, -0.1) is 0 Å². The van der Waals surface area contributed by atoms with E-state index in [2.05, 4.69) is 15.9 Å². The minimum Gasteiger partial charge on any atom is -0.502 e. The fourth-order valence-electron chi connectivity index (χ4n) is 1.19. The lowest BCUT2D eigenvalue weighted by Gasteiger charge is -2.15. The molecule has 1 aromatic carbocycles. The number of methoxy groups -OCH3 is 1. The van der Waals surface area contributed by atoms with Gasteiger partial charge in [0.1, 0.15) is 0 Å². The van der Waals surface area contributed by atoms with Crippen molar-refractivity contribution in [1.29, 1.82) is 0 Å². The van der Waals surface area contributed by atoms with E-state index < -0.39 is 24.2 Å². The van der Waals surface area contributed by atoms with E-state index >= 15 is 0 Å². The molecule has 0 amide bonds. The van der Waals surface area contributed by atoms with Crippen molar-refractivity contribution in [2.75, 3.05) is 13.7 Å². The van der Waals surface area contributed by atoms with Gasteiger partial charge in [-0.2, -0.15) is 0 Å². The molecule has 6 heteroatoms. The Morgan fingerprint density at radius 3 is 2.73 bits per heavy atom. The summed E-state index contributed by atoms with van der Waals surface area (Å²) < 4.78 is 18.7. The maximum Gasteiger partial charge on any atom is 0.194 e. The summed E-state index contributed by atoms with van der Waals surface area (Å²) in [4.78, 5) is 0. The molecule has 0 radical (unpaired) electrons. The summed E-state index contributed by atoms with van der Waals surface area (Å²) in [5.74, 6) is -1.49. The van der Waals surface area contributed by atoms with E-state index in [1.165, 1.54) is 13.2 Å². The smallest absolute Gasteiger partial charge is 0.194 e. The molecule has 0 aliphatic carbocycles. The van der Waals surface area contributed by atoms with Crippen LogP contribution in [0.1, 0.15) is 11.6 Å². The predicted molar refractivity (Wildman–Crippen MR) is 56.3 cm³/mol. The molecule has 4 nitrogen and oxygen atoms in total. The zero-order chi connectivity index (χ0) is 11.6. The van der Waals surface area contributed by atoms with Gasteiger partial charge in [0.05, 0.1) is 19.8 Å². The standard InChI is InChI=1S/C9H11BrFNO3/c1-15-6-2-4(10)7(5(12)3-13)8(11)9(6)14/h2,5,13-14H,3,12H2,1H3. The Kier molecular flexibility index (Phi) is 3.90. The van der Waals surface area contributed by atoms with E-state index in [0.29, 0.717) is 4.47 Å². The third-order valence-corrected chi connectivity index (χ3v) is 2.64. The number of hydrogen-bond donors (Lipinski definition) is 3. The molecule has 1 rings (SSSR count). The van der Waals surface area contributed by atoms with Crippen molar-refractivity contribution in [3.05, 3.63) is 21.9 Å². The molecule has 0 aliphatic heterocycles. The summed E-state index contributed by atoms with van der Waals surface area (Å²) in [7, 11) is 1.31. The summed E-state index contributed by atoms with van der Waals surface area (Å²) in [6.07, 6.45) is 0. The van der Waals surface area contributed by atoms with Gasteiger partial charge in [0.2, 0.25) is 0 Å². The van der Waals surface area contributed by atoms with Crippen LogP contribution in [0.3, 0.4) is 0 Å². The number of benzene rings is 1. The largest absolute Gasteiger partial charge is 0.502 e. The summed E-state index contributed by atoms with van der Waals surface area (Å²) in [5, 5.41) is 18.2. The molecule has 0 aromatic heterocycles. The Bertz CT molecular complexity index is 373. The SMILES string of the molecule is COc1cc(Br)c(C(N)CO)c(F)c1O. The van der Waals surface area contributed by atoms with Gasteiger partial charge in [-0.3, -0.25) is 0 Å². The summed E-state index contributed by atoms with van der Waals surface area (Å²) in [5.41, 5.74) is 5.51. The first-order valence-electron chi connectivity index (χ1n) is 4.14. The van der Waals surface area contributed by atoms with Gasteiger partial charge < -0.3 is 20.7 Å². The number of phenolic OH excluding ortho intramolecular Hbond substituents is 1. The second kappa shape index (κ2) is 4.78. The highest BCUT2D eigenvalue weighted by molar-refractivity contribution is 9.10. The van der Waals surface area contributed by atoms with Crippen LogP contribution in [0.25, 0.3) is 0 Å². The Morgan fingerprint density at radius 1 is 1.67 bits per heavy atom. The van der Waals surface area contributed by atoms with Crippen LogP contribution in [0.15, 0.2) is 10.5 Å². The first-order chi connectivity index (χ1) is 7.02. The summed E-state index contributed by atoms with van der Waals surface area (Å²) in [6, 6.07) is 0.500. The van der Waals surface area contributed by atoms with Crippen LogP contribution in [0.5, 0.6) is 11.5 Å². The van der Waals surface area contributed by atoms with Gasteiger partial charge in [0, 0.05) is 10.0 Å². The molecule has 1 unspecified atom stereocenters. The van der Waals surface area contributed by atoms with Gasteiger partial charge in [-0.05, 0) is 6.07 Å². The number of rotatable bonds is 3. The molecular weight excluding hydrogens is 269 g/mol. The fraction of sp³-hybridized carbons (Fsp3) is 0.333. The van der Waals surface area contributed by atoms with Crippen molar-refractivity contribution in [3.8, 4) is 11.5 Å². The van der Waals surface area contributed by atoms with Gasteiger partial charge >= 0.3 is 0 Å². The number of nitrogens with two attached hydrogens (primary N) is 1. The van der Waals surface area contributed by atoms with Crippen LogP contribution in [0.2, 0.25) is 0 Å². The number of ether oxygens (including phenoxy) is 1. The van der Waals surface area contributed by atoms with Gasteiger partial charge in [0.25, 0.3) is 0 Å². The molecular formula is C9H11BrFNO3. The summed E-state index contributed by atoms with van der Waals surface area (Å²) >= 11 is 3.09. The van der Waals surface area contributed by atoms with E-state index in [1.54, 1.807) is 0 Å². The fourth-order valence-corrected chi connectivity index (χ4v) is 1.86. The normalized spacial score (nSPS) is 12.6. The third kappa shape index (κ3) is 2.22. The average Bonchev–Trinajstić information content (AvgIpc) is 2.23. The molecule has 0 saturated carbocycles. The average molecular weight is 280 g/mol. The molecule has 84 valence electrons. The van der Waals surface area contributed by atoms with Crippen LogP contribution < -0.4 is 10.5 Å². The Morgan fingerprint density at radius 2 is 2.27 bits per heavy atom. The number of aromatic hydroxyl groups is 1. The molecule has 1 aromatic rings. The minimum absolute atomic E-state index is 0.00765. The number of aliphatic hydroxyl groups is 1. The number of aliphatic hydroxyl groups excluding tert-OH is 1. The molecule has 1 atom stereocenters. The molecule has 0 spiro atoms. The zero-order valence-electron chi connectivity index (χ0n) is 8.00. The van der Waals surface area contributed by atoms with Crippen molar-refractivity contribution in [2.45, 2.75) is 6.04 Å². The Balaban J connectivity index is 3.35. The van der Waals surface area contributed by atoms with E-state index in [4.69, 9.17) is 15.6 Å². The maximum atomic E-state index is 13.6. The molecule has 15 heavy (non-hydrogen) atoms. The van der Waals surface area contributed by atoms with Crippen LogP contribution in [-0.2, 0) is 0 Å². The third-order valence-electron chi connectivity index (χ3n) is 1.98. The molecule has 0 aliphatic rings. The Labute approximate surface area is 94.6 Å². The first-order valence-corrected chi connectivity index (χ1v) is 4.93. The predicted octanol–water partition coefficient (Wildman–Crippen LogP) is 1.29. The van der Waals surface area contributed by atoms with E-state index in [9.17, 15) is 9.50 Å². The molecule has 0 saturated heterocycles. The Hall–Kier alpha value is -0.850. The van der Waals surface area contributed by atoms with Crippen molar-refractivity contribution in [3.63, 3.8) is 0 Å². The quantitative estimate of drug-likeness (QED) is 0.780. The monoisotopic (exact) mass is 279 g/mol. The van der Waals surface area contributed by atoms with Crippen molar-refractivity contribution < 1.29 is 19.3 Å². The second-order valence-corrected chi connectivity index (χ2v) is 3.78. The highest BCUT2D eigenvalue weighted by Gasteiger charge is 2.21. The second-order valence-electron chi connectivity index (χ2n) is 2.93. The highest BCUT2D eigenvalue weighted by Crippen LogP contribution is 2.38. The lowest BCUT2D eigenvalue weighted by atomic mass is 10.1. The van der Waals surface area contributed by atoms with E-state index in [1.807, 2.05) is 0 Å². The van der Waals surface area contributed by atoms with Crippen molar-refractivity contribution in [2.24, 2.45) is 5.73 Å². The van der Waals surface area contributed by atoms with Crippen molar-refractivity contribution in [1.82, 2.24) is 0 Å². The first kappa shape index (κ1) is 12.2. The van der Waals surface area contributed by atoms with Crippen LogP contribution >= 0.6 is 15.9 Å². The zero-order valence-corrected chi connectivity index (χ0v) is 9.58. The topological polar surface area (TPSA) is 75.7 Å². The van der Waals surface area contributed by atoms with Crippen molar-refractivity contribution >= 4 is 15.9 Å². The number of phenols is 1. The highest BCUT2D eigenvalue weighted by atomic mass is 79.9. The lowest BCUT2D eigenvalue weighted by Crippen LogP contribution is -2.17. The number of halogens is 2. The van der Waals surface area contributed by atoms with E-state index in [0.717, 1.165) is 0 Å². The van der Waals surface area contributed by atoms with Crippen LogP contribution in [0.4, 0.5) is 4.39 Å². The van der Waals surface area contributed by atoms with Gasteiger partial charge in [-0.1, -0.05) is 15.9 Å². The van der Waals surface area contributed by atoms with Crippen LogP contribution in [-0.4, -0.2) is 23.9 Å². The lowest BCUT2D eigenvalue weighted by molar-refractivity contribution is 0.263. The molecule has 0 fully saturated rings. The summed E-state index contributed by atoms with van der Waals surface area (Å²) in [6.45, 7) is -0.415. The molecule has 4 N–H and O–H groups in total. The molecule has 0 bridgehead atoms. The van der Waals surface area contributed by atoms with E-state index in [-0.39, 0.29) is 11.3 Å². The maximum absolute atomic E-state index is 13.6. The van der Waals surface area contributed by atoms with Crippen LogP contribution in [0, 0.1) is 5.82 Å². The number of hydrogen-bond acceptors (Lipinski definition) is 4. The van der Waals surface area contributed by atoms with Gasteiger partial charge in [0.15, 0.2) is 17.3 Å². The minimum atomic E-state index is -0.892. The molecule has 0 heterocycles. The van der Waals surface area contributed by atoms with Gasteiger partial charge in [-0.25, -0.2) is 4.39 Å².